The van der Waals surface area contributed by atoms with Gasteiger partial charge in [0, 0.05) is 34.9 Å². The number of carbonyl (C=O) groups excluding carboxylic acids is 1. The van der Waals surface area contributed by atoms with Crippen molar-refractivity contribution in [3.05, 3.63) is 93.0 Å². The van der Waals surface area contributed by atoms with Crippen molar-refractivity contribution in [3.8, 4) is 23.0 Å². The number of alkyl halides is 6. The van der Waals surface area contributed by atoms with Crippen LogP contribution in [0.25, 0.3) is 22.0 Å². The molecule has 65 heavy (non-hydrogen) atoms. The fraction of sp³-hybridized carbons (Fsp3) is 0.429. The van der Waals surface area contributed by atoms with Crippen LogP contribution in [0.15, 0.2) is 42.5 Å². The van der Waals surface area contributed by atoms with Crippen LogP contribution in [-0.2, 0) is 50.1 Å². The Morgan fingerprint density at radius 3 is 2.22 bits per heavy atom. The van der Waals surface area contributed by atoms with E-state index in [1.807, 2.05) is 0 Å². The van der Waals surface area contributed by atoms with Crippen molar-refractivity contribution >= 4 is 54.1 Å². The number of nitrogens with zero attached hydrogens (tertiary/aromatic N) is 5. The van der Waals surface area contributed by atoms with E-state index in [2.05, 4.69) is 37.1 Å². The highest BCUT2D eigenvalue weighted by molar-refractivity contribution is 7.93. The van der Waals surface area contributed by atoms with Crippen LogP contribution >= 0.6 is 11.6 Å². The second kappa shape index (κ2) is 16.6. The molecule has 12 nitrogen and oxygen atoms in total. The van der Waals surface area contributed by atoms with E-state index in [1.54, 1.807) is 0 Å². The zero-order valence-corrected chi connectivity index (χ0v) is 36.8. The lowest BCUT2D eigenvalue weighted by Gasteiger charge is -2.34. The van der Waals surface area contributed by atoms with E-state index in [4.69, 9.17) is 11.6 Å². The minimum absolute atomic E-state index is 0.00291. The summed E-state index contributed by atoms with van der Waals surface area (Å²) in [6.07, 6.45) is -4.88. The van der Waals surface area contributed by atoms with Gasteiger partial charge in [-0.1, -0.05) is 23.6 Å². The summed E-state index contributed by atoms with van der Waals surface area (Å²) in [4.78, 5) is 18.8. The highest BCUT2D eigenvalue weighted by Gasteiger charge is 2.62. The topological polar surface area (TPSA) is 158 Å². The monoisotopic (exact) mass is 971 g/mol. The predicted octanol–water partition coefficient (Wildman–Crippen LogP) is 8.21. The molecule has 3 aliphatic carbocycles. The number of aromatic nitrogens is 5. The first-order valence-corrected chi connectivity index (χ1v) is 23.9. The number of rotatable bonds is 14. The van der Waals surface area contributed by atoms with E-state index in [-0.39, 0.29) is 68.2 Å². The molecule has 2 N–H and O–H groups in total. The van der Waals surface area contributed by atoms with Gasteiger partial charge in [-0.15, -0.1) is 0 Å². The molecule has 3 heterocycles. The van der Waals surface area contributed by atoms with Gasteiger partial charge in [0.15, 0.2) is 15.7 Å². The summed E-state index contributed by atoms with van der Waals surface area (Å²) in [5.41, 5.74) is -2.58. The molecule has 8 rings (SSSR count). The molecule has 3 aromatic heterocycles. The third-order valence-electron chi connectivity index (χ3n) is 12.0. The van der Waals surface area contributed by atoms with E-state index in [1.165, 1.54) is 38.1 Å². The summed E-state index contributed by atoms with van der Waals surface area (Å²) in [6.45, 7) is 0.546. The van der Waals surface area contributed by atoms with Crippen LogP contribution in [0.1, 0.15) is 91.8 Å². The number of hydrogen-bond donors (Lipinski definition) is 2. The first-order valence-electron chi connectivity index (χ1n) is 20.1. The number of carbonyl (C=O) groups is 1. The Kier molecular flexibility index (Phi) is 11.8. The zero-order valence-electron chi connectivity index (χ0n) is 34.5. The number of hydrogen-bond acceptors (Lipinski definition) is 8. The standard InChI is InChI=1S/C42H38ClF8N7O5S2/c1-41(2,64(3,60)61)13-12-23-4-7-25(26-9-11-29(43)34-37(26)57(18-31(46)47)55-40(34)56-65(62,63)24-5-6-24)35(52-23)30(16-20-14-21(44)17-22(45)15-20)53-32(59)19-58-38-33(36(54-58)39(48)49)27-8-10-28(27)42(38,50)51/h4,7,9,11,14-15,17,24,27-28,30-31,39H,5-6,8,10,16,18-19H2,1-3H3,(H,53,59)(H,55,56)/t27-,28+,30-/m0/s1. The number of fused-ring (bicyclic) bond motifs is 4. The average Bonchev–Trinajstić information content (AvgIpc) is 3.86. The molecule has 2 aromatic carbocycles. The van der Waals surface area contributed by atoms with Gasteiger partial charge in [-0.3, -0.25) is 18.9 Å². The van der Waals surface area contributed by atoms with Crippen LogP contribution < -0.4 is 10.0 Å². The number of benzene rings is 2. The van der Waals surface area contributed by atoms with Crippen molar-refractivity contribution in [2.75, 3.05) is 11.0 Å². The van der Waals surface area contributed by atoms with Gasteiger partial charge in [-0.05, 0) is 93.7 Å². The quantitative estimate of drug-likeness (QED) is 0.0833. The van der Waals surface area contributed by atoms with Crippen molar-refractivity contribution in [1.29, 1.82) is 0 Å². The number of anilines is 1. The maximum atomic E-state index is 15.8. The molecule has 0 unspecified atom stereocenters. The molecule has 2 saturated carbocycles. The molecule has 0 saturated heterocycles. The largest absolute Gasteiger partial charge is 0.346 e. The van der Waals surface area contributed by atoms with E-state index in [0.717, 1.165) is 23.1 Å². The lowest BCUT2D eigenvalue weighted by molar-refractivity contribution is -0.123. The SMILES string of the molecule is CC(C)(C#Cc1ccc(-c2ccc(Cl)c3c(NS(=O)(=O)C4CC4)nn(CC(F)F)c23)c([C@H](Cc2cc(F)cc(F)c2)NC(=O)Cn2nc(C(F)F)c3c2C(F)(F)[C@@H]2CC[C@H]32)n1)S(C)(=O)=O. The lowest BCUT2D eigenvalue weighted by atomic mass is 9.73. The summed E-state index contributed by atoms with van der Waals surface area (Å²) >= 11 is 6.63. The minimum Gasteiger partial charge on any atom is -0.346 e. The first kappa shape index (κ1) is 46.3. The van der Waals surface area contributed by atoms with Crippen LogP contribution in [0, 0.1) is 29.4 Å². The van der Waals surface area contributed by atoms with E-state index < -0.39 is 115 Å². The van der Waals surface area contributed by atoms with Crippen molar-refractivity contribution in [3.63, 3.8) is 0 Å². The number of pyridine rings is 1. The molecule has 23 heteroatoms. The van der Waals surface area contributed by atoms with Crippen LogP contribution in [0.5, 0.6) is 0 Å². The number of sulfonamides is 1. The van der Waals surface area contributed by atoms with Gasteiger partial charge in [0.1, 0.15) is 46.6 Å². The Labute approximate surface area is 372 Å². The van der Waals surface area contributed by atoms with Gasteiger partial charge in [0.2, 0.25) is 15.9 Å². The number of halogens is 9. The Hall–Kier alpha value is -5.27. The molecular formula is C42H38ClF8N7O5S2. The highest BCUT2D eigenvalue weighted by atomic mass is 35.5. The second-order valence-electron chi connectivity index (χ2n) is 16.9. The molecule has 0 spiro atoms. The second-order valence-corrected chi connectivity index (χ2v) is 21.8. The Bertz CT molecular complexity index is 3040. The van der Waals surface area contributed by atoms with E-state index in [0.29, 0.717) is 23.6 Å². The van der Waals surface area contributed by atoms with E-state index >= 15 is 8.78 Å². The molecule has 1 amide bonds. The molecular weight excluding hydrogens is 934 g/mol. The first-order chi connectivity index (χ1) is 30.4. The number of nitrogens with one attached hydrogen (secondary N) is 2. The normalized spacial score (nSPS) is 18.6. The predicted molar refractivity (Wildman–Crippen MR) is 223 cm³/mol. The van der Waals surface area contributed by atoms with Gasteiger partial charge in [-0.2, -0.15) is 19.0 Å². The van der Waals surface area contributed by atoms with Gasteiger partial charge in [0.05, 0.1) is 32.9 Å². The Morgan fingerprint density at radius 1 is 0.938 bits per heavy atom. The summed E-state index contributed by atoms with van der Waals surface area (Å²) in [6, 6.07) is 6.28. The fourth-order valence-electron chi connectivity index (χ4n) is 8.27. The third-order valence-corrected chi connectivity index (χ3v) is 16.1. The maximum absolute atomic E-state index is 15.8. The van der Waals surface area contributed by atoms with Gasteiger partial charge in [-0.25, -0.2) is 48.2 Å². The van der Waals surface area contributed by atoms with Crippen LogP contribution in [0.2, 0.25) is 5.02 Å². The molecule has 0 radical (unpaired) electrons. The molecule has 2 fully saturated rings. The van der Waals surface area contributed by atoms with Crippen LogP contribution in [0.3, 0.4) is 0 Å². The third kappa shape index (κ3) is 8.78. The van der Waals surface area contributed by atoms with Crippen molar-refractivity contribution < 1.29 is 56.8 Å². The highest BCUT2D eigenvalue weighted by Crippen LogP contribution is 2.63. The lowest BCUT2D eigenvalue weighted by Crippen LogP contribution is -2.36. The molecule has 3 atom stereocenters. The molecule has 3 aliphatic rings. The van der Waals surface area contributed by atoms with Gasteiger partial charge >= 0.3 is 0 Å². The van der Waals surface area contributed by atoms with Crippen LogP contribution in [0.4, 0.5) is 40.9 Å². The smallest absolute Gasteiger partial charge is 0.293 e. The molecule has 0 bridgehead atoms. The van der Waals surface area contributed by atoms with Gasteiger partial charge in [0.25, 0.3) is 18.8 Å². The summed E-state index contributed by atoms with van der Waals surface area (Å²) in [5.74, 6) is -3.98. The maximum Gasteiger partial charge on any atom is 0.293 e. The zero-order chi connectivity index (χ0) is 47.1. The minimum atomic E-state index is -4.04. The fourth-order valence-corrected chi connectivity index (χ4v) is 10.1. The summed E-state index contributed by atoms with van der Waals surface area (Å²) in [5, 5.41) is 9.56. The molecule has 346 valence electrons. The van der Waals surface area contributed by atoms with Crippen LogP contribution in [-0.4, -0.2) is 70.0 Å². The Morgan fingerprint density at radius 2 is 1.62 bits per heavy atom. The summed E-state index contributed by atoms with van der Waals surface area (Å²) < 4.78 is 171. The average molecular weight is 972 g/mol. The van der Waals surface area contributed by atoms with Gasteiger partial charge < -0.3 is 5.32 Å². The Balaban J connectivity index is 1.32. The van der Waals surface area contributed by atoms with E-state index in [9.17, 15) is 48.0 Å². The molecule has 0 aliphatic heterocycles. The van der Waals surface area contributed by atoms with Crippen molar-refractivity contribution in [1.82, 2.24) is 29.9 Å². The molecule has 5 aromatic rings. The summed E-state index contributed by atoms with van der Waals surface area (Å²) in [7, 11) is -7.83. The number of sulfone groups is 1. The van der Waals surface area contributed by atoms with Crippen molar-refractivity contribution in [2.24, 2.45) is 5.92 Å². The van der Waals surface area contributed by atoms with Crippen molar-refractivity contribution in [2.45, 2.75) is 99.8 Å². The number of amides is 1.